The van der Waals surface area contributed by atoms with E-state index in [4.69, 9.17) is 5.73 Å². The van der Waals surface area contributed by atoms with Crippen LogP contribution in [0.2, 0.25) is 0 Å². The lowest BCUT2D eigenvalue weighted by molar-refractivity contribution is -0.133. The van der Waals surface area contributed by atoms with Crippen LogP contribution in [-0.4, -0.2) is 42.8 Å². The first-order valence-electron chi connectivity index (χ1n) is 10.8. The first-order valence-corrected chi connectivity index (χ1v) is 12.3. The molecule has 0 saturated carbocycles. The Labute approximate surface area is 197 Å². The monoisotopic (exact) mass is 494 g/mol. The number of halogens is 2. The second-order valence-corrected chi connectivity index (χ2v) is 10.5. The van der Waals surface area contributed by atoms with Gasteiger partial charge in [0.25, 0.3) is 0 Å². The quantitative estimate of drug-likeness (QED) is 0.622. The molecule has 1 fully saturated rings. The number of nitrogens with one attached hydrogen (secondary N) is 1. The number of nitrogens with two attached hydrogens (primary N) is 1. The first kappa shape index (κ1) is 25.6. The summed E-state index contributed by atoms with van der Waals surface area (Å²) >= 11 is 0. The van der Waals surface area contributed by atoms with Gasteiger partial charge in [0.2, 0.25) is 15.9 Å². The van der Waals surface area contributed by atoms with Crippen molar-refractivity contribution in [3.63, 3.8) is 0 Å². The molecule has 3 N–H and O–H groups in total. The predicted molar refractivity (Wildman–Crippen MR) is 123 cm³/mol. The Kier molecular flexibility index (Phi) is 7.57. The summed E-state index contributed by atoms with van der Waals surface area (Å²) in [6.45, 7) is 2.77. The Morgan fingerprint density at radius 2 is 1.82 bits per heavy atom. The third-order valence-electron chi connectivity index (χ3n) is 6.13. The number of nitrogens with zero attached hydrogens (tertiary/aromatic N) is 2. The number of hydrazine groups is 1. The number of hydrogen-bond acceptors (Lipinski definition) is 4. The van der Waals surface area contributed by atoms with Gasteiger partial charge in [-0.05, 0) is 44.4 Å². The zero-order valence-electron chi connectivity index (χ0n) is 19.2. The lowest BCUT2D eigenvalue weighted by Gasteiger charge is -2.37. The molecule has 2 aromatic carbocycles. The van der Waals surface area contributed by atoms with Crippen molar-refractivity contribution < 1.29 is 26.8 Å². The van der Waals surface area contributed by atoms with Gasteiger partial charge >= 0.3 is 6.03 Å². The summed E-state index contributed by atoms with van der Waals surface area (Å²) in [6.07, 6.45) is 1.01. The number of urea groups is 1. The van der Waals surface area contributed by atoms with E-state index in [1.807, 2.05) is 0 Å². The molecule has 8 nitrogen and oxygen atoms in total. The lowest BCUT2D eigenvalue weighted by atomic mass is 9.97. The van der Waals surface area contributed by atoms with Crippen LogP contribution in [0.4, 0.5) is 13.6 Å². The summed E-state index contributed by atoms with van der Waals surface area (Å²) in [5.74, 6) is -3.51. The van der Waals surface area contributed by atoms with Crippen molar-refractivity contribution in [1.29, 1.82) is 0 Å². The van der Waals surface area contributed by atoms with Gasteiger partial charge in [0.05, 0.1) is 5.92 Å². The van der Waals surface area contributed by atoms with Gasteiger partial charge in [0.1, 0.15) is 16.9 Å². The molecule has 1 unspecified atom stereocenters. The topological polar surface area (TPSA) is 113 Å². The van der Waals surface area contributed by atoms with Gasteiger partial charge in [0.15, 0.2) is 0 Å². The van der Waals surface area contributed by atoms with Crippen LogP contribution in [0.5, 0.6) is 0 Å². The van der Waals surface area contributed by atoms with Gasteiger partial charge in [-0.15, -0.1) is 0 Å². The first-order chi connectivity index (χ1) is 15.9. The molecular formula is C23H28F2N4O4S. The third-order valence-corrected chi connectivity index (χ3v) is 8.50. The van der Waals surface area contributed by atoms with Crippen molar-refractivity contribution in [1.82, 2.24) is 14.7 Å². The van der Waals surface area contributed by atoms with Crippen molar-refractivity contribution in [3.8, 4) is 0 Å². The molecule has 1 heterocycles. The smallest absolute Gasteiger partial charge is 0.331 e. The molecule has 3 atom stereocenters. The lowest BCUT2D eigenvalue weighted by Crippen LogP contribution is -2.47. The van der Waals surface area contributed by atoms with E-state index in [-0.39, 0.29) is 23.7 Å². The third kappa shape index (κ3) is 5.20. The van der Waals surface area contributed by atoms with E-state index < -0.39 is 44.8 Å². The van der Waals surface area contributed by atoms with Crippen molar-refractivity contribution in [2.75, 3.05) is 7.05 Å². The average molecular weight is 495 g/mol. The molecule has 2 aromatic rings. The summed E-state index contributed by atoms with van der Waals surface area (Å²) in [5.41, 5.74) is 7.34. The van der Waals surface area contributed by atoms with Crippen LogP contribution in [0.15, 0.2) is 42.5 Å². The van der Waals surface area contributed by atoms with Crippen molar-refractivity contribution in [3.05, 3.63) is 70.8 Å². The maximum atomic E-state index is 15.0. The van der Waals surface area contributed by atoms with E-state index in [9.17, 15) is 22.4 Å². The standard InChI is InChI=1S/C23H28F2N4O4S/c1-14-9-10-21(16-7-5-4-6-8-16)34(32,33)29(14)13-17-11-20(25)18(12-19(17)24)15(2)22(30)28(3)27-23(26)31/h4-8,11-12,14-15,21H,9-10,13H2,1-3H3,(H3,26,27,31)/t14-,15?,21+/m0/s1. The fraction of sp³-hybridized carbons (Fsp3) is 0.391. The zero-order valence-corrected chi connectivity index (χ0v) is 20.0. The van der Waals surface area contributed by atoms with Crippen LogP contribution >= 0.6 is 0 Å². The number of sulfonamides is 1. The van der Waals surface area contributed by atoms with Crippen LogP contribution in [0.1, 0.15) is 54.5 Å². The number of amides is 3. The molecule has 0 bridgehead atoms. The van der Waals surface area contributed by atoms with Gasteiger partial charge in [-0.1, -0.05) is 30.3 Å². The molecule has 0 aliphatic carbocycles. The highest BCUT2D eigenvalue weighted by molar-refractivity contribution is 7.89. The highest BCUT2D eigenvalue weighted by Gasteiger charge is 2.41. The minimum absolute atomic E-state index is 0.131. The second kappa shape index (κ2) is 10.1. The summed E-state index contributed by atoms with van der Waals surface area (Å²) in [4.78, 5) is 23.4. The fourth-order valence-corrected chi connectivity index (χ4v) is 6.41. The Bertz CT molecular complexity index is 1180. The summed E-state index contributed by atoms with van der Waals surface area (Å²) in [6, 6.07) is 9.26. The summed E-state index contributed by atoms with van der Waals surface area (Å²) in [7, 11) is -2.59. The molecule has 1 aliphatic heterocycles. The van der Waals surface area contributed by atoms with E-state index in [1.165, 1.54) is 18.3 Å². The molecule has 1 saturated heterocycles. The minimum atomic E-state index is -3.83. The second-order valence-electron chi connectivity index (χ2n) is 8.48. The molecule has 184 valence electrons. The van der Waals surface area contributed by atoms with Gasteiger partial charge < -0.3 is 5.73 Å². The van der Waals surface area contributed by atoms with Gasteiger partial charge in [-0.2, -0.15) is 4.31 Å². The maximum absolute atomic E-state index is 15.0. The highest BCUT2D eigenvalue weighted by Crippen LogP contribution is 2.38. The van der Waals surface area contributed by atoms with E-state index >= 15 is 4.39 Å². The average Bonchev–Trinajstić information content (AvgIpc) is 2.77. The summed E-state index contributed by atoms with van der Waals surface area (Å²) in [5, 5.41) is 0.0345. The van der Waals surface area contributed by atoms with Crippen LogP contribution in [0, 0.1) is 11.6 Å². The van der Waals surface area contributed by atoms with Crippen molar-refractivity contribution >= 4 is 22.0 Å². The molecule has 0 radical (unpaired) electrons. The van der Waals surface area contributed by atoms with E-state index in [0.29, 0.717) is 18.4 Å². The maximum Gasteiger partial charge on any atom is 0.331 e. The van der Waals surface area contributed by atoms with Crippen LogP contribution in [0.3, 0.4) is 0 Å². The largest absolute Gasteiger partial charge is 0.350 e. The molecule has 0 aromatic heterocycles. The Balaban J connectivity index is 1.87. The van der Waals surface area contributed by atoms with Gasteiger partial charge in [0, 0.05) is 30.8 Å². The van der Waals surface area contributed by atoms with Crippen LogP contribution < -0.4 is 11.2 Å². The number of carbonyl (C=O) groups excluding carboxylic acids is 2. The van der Waals surface area contributed by atoms with Crippen molar-refractivity contribution in [2.45, 2.75) is 50.4 Å². The molecule has 34 heavy (non-hydrogen) atoms. The number of rotatable bonds is 5. The number of carbonyl (C=O) groups is 2. The predicted octanol–water partition coefficient (Wildman–Crippen LogP) is 3.17. The van der Waals surface area contributed by atoms with E-state index in [1.54, 1.807) is 37.3 Å². The number of hydrogen-bond donors (Lipinski definition) is 2. The molecule has 1 aliphatic rings. The van der Waals surface area contributed by atoms with Crippen LogP contribution in [-0.2, 0) is 21.4 Å². The number of primary amides is 1. The zero-order chi connectivity index (χ0) is 25.2. The Hall–Kier alpha value is -3.05. The molecule has 11 heteroatoms. The number of benzene rings is 2. The van der Waals surface area contributed by atoms with Gasteiger partial charge in [-0.25, -0.2) is 27.4 Å². The highest BCUT2D eigenvalue weighted by atomic mass is 32.2. The Morgan fingerprint density at radius 3 is 2.44 bits per heavy atom. The van der Waals surface area contributed by atoms with Crippen molar-refractivity contribution in [2.24, 2.45) is 5.73 Å². The van der Waals surface area contributed by atoms with E-state index in [0.717, 1.165) is 17.1 Å². The fourth-order valence-electron chi connectivity index (χ4n) is 4.22. The SMILES string of the molecule is CC(C(=O)N(C)NC(N)=O)c1cc(F)c(CN2[C@@H](C)CC[C@H](c3ccccc3)S2(=O)=O)cc1F. The molecule has 0 spiro atoms. The molecule has 3 rings (SSSR count). The van der Waals surface area contributed by atoms with E-state index in [2.05, 4.69) is 5.43 Å². The number of likely N-dealkylation sites (N-methyl/N-ethyl adjacent to an activating group) is 1. The summed E-state index contributed by atoms with van der Waals surface area (Å²) < 4.78 is 57.9. The molecular weight excluding hydrogens is 466 g/mol. The molecule has 3 amide bonds. The Morgan fingerprint density at radius 1 is 1.18 bits per heavy atom. The normalized spacial score (nSPS) is 21.0. The minimum Gasteiger partial charge on any atom is -0.350 e. The van der Waals surface area contributed by atoms with Gasteiger partial charge in [-0.3, -0.25) is 9.80 Å². The van der Waals surface area contributed by atoms with Crippen LogP contribution in [0.25, 0.3) is 0 Å².